The maximum atomic E-state index is 11.6. The Morgan fingerprint density at radius 1 is 0.667 bits per heavy atom. The Kier molecular flexibility index (Phi) is 5.76. The number of hydrogen-bond acceptors (Lipinski definition) is 7. The number of aromatic carboxylic acids is 2. The third kappa shape index (κ3) is 4.21. The Morgan fingerprint density at radius 2 is 1.04 bits per heavy atom. The van der Waals surface area contributed by atoms with Gasteiger partial charge in [-0.15, -0.1) is 0 Å². The van der Waals surface area contributed by atoms with Gasteiger partial charge >= 0.3 is 23.9 Å². The van der Waals surface area contributed by atoms with E-state index in [9.17, 15) is 29.4 Å². The summed E-state index contributed by atoms with van der Waals surface area (Å²) in [4.78, 5) is 45.9. The topological polar surface area (TPSA) is 136 Å². The number of hydrogen-bond donors (Lipinski definition) is 2. The summed E-state index contributed by atoms with van der Waals surface area (Å²) in [7, 11) is 2.24. The molecule has 9 nitrogen and oxygen atoms in total. The monoisotopic (exact) mass is 374 g/mol. The molecule has 0 saturated carbocycles. The lowest BCUT2D eigenvalue weighted by molar-refractivity contribution is 0.0580. The molecule has 0 aliphatic heterocycles. The van der Waals surface area contributed by atoms with Crippen LogP contribution in [0.5, 0.6) is 11.5 Å². The summed E-state index contributed by atoms with van der Waals surface area (Å²) in [5.41, 5.74) is -1.01. The zero-order valence-electron chi connectivity index (χ0n) is 14.2. The summed E-state index contributed by atoms with van der Waals surface area (Å²) in [6.45, 7) is 0. The fourth-order valence-electron chi connectivity index (χ4n) is 2.24. The lowest BCUT2D eigenvalue weighted by Gasteiger charge is -2.11. The highest BCUT2D eigenvalue weighted by atomic mass is 16.5. The van der Waals surface area contributed by atoms with Crippen molar-refractivity contribution in [3.8, 4) is 11.5 Å². The van der Waals surface area contributed by atoms with Crippen LogP contribution >= 0.6 is 0 Å². The van der Waals surface area contributed by atoms with Crippen LogP contribution in [0, 0.1) is 0 Å². The van der Waals surface area contributed by atoms with E-state index in [1.807, 2.05) is 0 Å². The van der Waals surface area contributed by atoms with E-state index in [2.05, 4.69) is 9.47 Å². The molecular formula is C18H14O9. The number of ether oxygens (including phenoxy) is 3. The number of carboxylic acid groups (broad SMARTS) is 2. The van der Waals surface area contributed by atoms with E-state index >= 15 is 0 Å². The largest absolute Gasteiger partial charge is 0.478 e. The standard InChI is InChI=1S/C18H14O9/c1-25-17(23)11-5-3-9(7-13(11)15(19)20)27-10-4-6-12(18(24)26-2)14(8-10)16(21)22/h3-8H,1-2H3,(H,19,20)(H,21,22). The van der Waals surface area contributed by atoms with E-state index in [0.29, 0.717) is 0 Å². The fourth-order valence-corrected chi connectivity index (χ4v) is 2.24. The van der Waals surface area contributed by atoms with Crippen LogP contribution in [-0.4, -0.2) is 48.3 Å². The molecule has 0 aliphatic carbocycles. The summed E-state index contributed by atoms with van der Waals surface area (Å²) in [5, 5.41) is 18.5. The van der Waals surface area contributed by atoms with Gasteiger partial charge in [0.2, 0.25) is 0 Å². The summed E-state index contributed by atoms with van der Waals surface area (Å²) in [6.07, 6.45) is 0. The van der Waals surface area contributed by atoms with Crippen molar-refractivity contribution in [2.75, 3.05) is 14.2 Å². The molecule has 0 spiro atoms. The molecule has 9 heteroatoms. The zero-order chi connectivity index (χ0) is 20.1. The summed E-state index contributed by atoms with van der Waals surface area (Å²) >= 11 is 0. The molecule has 0 saturated heterocycles. The number of carboxylic acids is 2. The molecule has 0 fully saturated rings. The molecule has 2 N–H and O–H groups in total. The van der Waals surface area contributed by atoms with Gasteiger partial charge < -0.3 is 24.4 Å². The molecule has 0 aliphatic rings. The molecule has 0 aromatic heterocycles. The van der Waals surface area contributed by atoms with Gasteiger partial charge in [-0.05, 0) is 36.4 Å². The highest BCUT2D eigenvalue weighted by Gasteiger charge is 2.20. The highest BCUT2D eigenvalue weighted by Crippen LogP contribution is 2.27. The van der Waals surface area contributed by atoms with Crippen molar-refractivity contribution in [3.05, 3.63) is 58.7 Å². The van der Waals surface area contributed by atoms with Crippen molar-refractivity contribution in [2.45, 2.75) is 0 Å². The SMILES string of the molecule is COC(=O)c1ccc(Oc2ccc(C(=O)OC)c(C(=O)O)c2)cc1C(=O)O. The van der Waals surface area contributed by atoms with E-state index in [1.165, 1.54) is 24.3 Å². The van der Waals surface area contributed by atoms with E-state index in [1.54, 1.807) is 0 Å². The number of methoxy groups -OCH3 is 2. The number of carbonyl (C=O) groups excluding carboxylic acids is 2. The minimum absolute atomic E-state index is 0.0437. The predicted molar refractivity (Wildman–Crippen MR) is 89.6 cm³/mol. The first-order chi connectivity index (χ1) is 12.8. The van der Waals surface area contributed by atoms with Crippen molar-refractivity contribution >= 4 is 23.9 Å². The first-order valence-corrected chi connectivity index (χ1v) is 7.37. The molecule has 27 heavy (non-hydrogen) atoms. The maximum Gasteiger partial charge on any atom is 0.338 e. The van der Waals surface area contributed by atoms with Crippen LogP contribution in [0.2, 0.25) is 0 Å². The van der Waals surface area contributed by atoms with Gasteiger partial charge in [-0.25, -0.2) is 19.2 Å². The Bertz CT molecular complexity index is 855. The van der Waals surface area contributed by atoms with Crippen LogP contribution < -0.4 is 4.74 Å². The van der Waals surface area contributed by atoms with Gasteiger partial charge in [-0.2, -0.15) is 0 Å². The van der Waals surface area contributed by atoms with Crippen LogP contribution in [0.4, 0.5) is 0 Å². The average molecular weight is 374 g/mol. The number of esters is 2. The molecule has 0 atom stereocenters. The van der Waals surface area contributed by atoms with E-state index < -0.39 is 23.9 Å². The van der Waals surface area contributed by atoms with Gasteiger partial charge in [0.05, 0.1) is 36.5 Å². The van der Waals surface area contributed by atoms with Gasteiger partial charge in [-0.1, -0.05) is 0 Å². The predicted octanol–water partition coefficient (Wildman–Crippen LogP) is 2.45. The van der Waals surface area contributed by atoms with Gasteiger partial charge in [0.1, 0.15) is 11.5 Å². The van der Waals surface area contributed by atoms with Crippen molar-refractivity contribution < 1.29 is 43.6 Å². The molecule has 140 valence electrons. The molecule has 2 rings (SSSR count). The minimum atomic E-state index is -1.37. The average Bonchev–Trinajstić information content (AvgIpc) is 2.66. The quantitative estimate of drug-likeness (QED) is 0.730. The minimum Gasteiger partial charge on any atom is -0.478 e. The van der Waals surface area contributed by atoms with E-state index in [4.69, 9.17) is 4.74 Å². The first-order valence-electron chi connectivity index (χ1n) is 7.37. The molecular weight excluding hydrogens is 360 g/mol. The molecule has 0 amide bonds. The smallest absolute Gasteiger partial charge is 0.338 e. The number of carbonyl (C=O) groups is 4. The molecule has 0 unspecified atom stereocenters. The highest BCUT2D eigenvalue weighted by molar-refractivity contribution is 6.03. The zero-order valence-corrected chi connectivity index (χ0v) is 14.2. The van der Waals surface area contributed by atoms with Crippen molar-refractivity contribution in [1.82, 2.24) is 0 Å². The number of benzene rings is 2. The van der Waals surface area contributed by atoms with Crippen LogP contribution in [-0.2, 0) is 9.47 Å². The molecule has 0 bridgehead atoms. The van der Waals surface area contributed by atoms with Gasteiger partial charge in [0.25, 0.3) is 0 Å². The Labute approximate surface area is 152 Å². The van der Waals surface area contributed by atoms with Gasteiger partial charge in [0, 0.05) is 0 Å². The van der Waals surface area contributed by atoms with Crippen LogP contribution in [0.1, 0.15) is 41.4 Å². The second-order valence-electron chi connectivity index (χ2n) is 5.11. The van der Waals surface area contributed by atoms with Crippen molar-refractivity contribution in [3.63, 3.8) is 0 Å². The Hall–Kier alpha value is -3.88. The normalized spacial score (nSPS) is 10.0. The Morgan fingerprint density at radius 3 is 1.33 bits per heavy atom. The van der Waals surface area contributed by atoms with Crippen LogP contribution in [0.15, 0.2) is 36.4 Å². The Balaban J connectivity index is 2.42. The van der Waals surface area contributed by atoms with E-state index in [-0.39, 0.29) is 33.8 Å². The summed E-state index contributed by atoms with van der Waals surface area (Å²) in [6, 6.07) is 7.28. The lowest BCUT2D eigenvalue weighted by atomic mass is 10.1. The summed E-state index contributed by atoms with van der Waals surface area (Å²) in [5.74, 6) is -4.30. The third-order valence-corrected chi connectivity index (χ3v) is 3.49. The lowest BCUT2D eigenvalue weighted by Crippen LogP contribution is -2.11. The maximum absolute atomic E-state index is 11.6. The molecule has 0 heterocycles. The van der Waals surface area contributed by atoms with Crippen LogP contribution in [0.3, 0.4) is 0 Å². The fraction of sp³-hybridized carbons (Fsp3) is 0.111. The molecule has 0 radical (unpaired) electrons. The van der Waals surface area contributed by atoms with Gasteiger partial charge in [0.15, 0.2) is 0 Å². The summed E-state index contributed by atoms with van der Waals surface area (Å²) < 4.78 is 14.5. The molecule has 2 aromatic carbocycles. The van der Waals surface area contributed by atoms with Crippen LogP contribution in [0.25, 0.3) is 0 Å². The second kappa shape index (κ2) is 8.00. The van der Waals surface area contributed by atoms with Gasteiger partial charge in [-0.3, -0.25) is 0 Å². The molecule has 2 aromatic rings. The van der Waals surface area contributed by atoms with E-state index in [0.717, 1.165) is 26.4 Å². The third-order valence-electron chi connectivity index (χ3n) is 3.49. The van der Waals surface area contributed by atoms with Crippen molar-refractivity contribution in [2.24, 2.45) is 0 Å². The number of rotatable bonds is 6. The second-order valence-corrected chi connectivity index (χ2v) is 5.11. The van der Waals surface area contributed by atoms with Crippen molar-refractivity contribution in [1.29, 1.82) is 0 Å². The first kappa shape index (κ1) is 19.4.